The lowest BCUT2D eigenvalue weighted by Gasteiger charge is -2.47. The van der Waals surface area contributed by atoms with E-state index in [1.807, 2.05) is 97.1 Å². The van der Waals surface area contributed by atoms with Crippen LogP contribution in [0.15, 0.2) is 103 Å². The van der Waals surface area contributed by atoms with Gasteiger partial charge in [-0.2, -0.15) is 0 Å². The Hall–Kier alpha value is -2.72. The Morgan fingerprint density at radius 3 is 1.26 bits per heavy atom. The highest BCUT2D eigenvalue weighted by atomic mass is 16.4. The third-order valence-electron chi connectivity index (χ3n) is 9.74. The number of hydrogen-bond acceptors (Lipinski definition) is 3. The molecule has 0 aliphatic rings. The summed E-state index contributed by atoms with van der Waals surface area (Å²) in [6.45, 7) is 4.36. The highest BCUT2D eigenvalue weighted by molar-refractivity contribution is 5.53. The van der Waals surface area contributed by atoms with Gasteiger partial charge < -0.3 is 15.3 Å². The van der Waals surface area contributed by atoms with Gasteiger partial charge in [0.2, 0.25) is 0 Å². The summed E-state index contributed by atoms with van der Waals surface area (Å²) in [7, 11) is 0. The standard InChI is InChI=1S/C43H62O3/c1-3-5-7-8-9-10-11-12-13-14-15-16-17-27-35-40(44)42(46,36-28-6-4-2)41(45)43(37-29-21-18-22-30-37,38-31-23-19-24-32-38)39-33-25-20-26-34-39/h18-26,28-34,36,40-41,44-46H,3-17,27,35H2,1-2H3/t40-,41?,42?/m1/s1. The third kappa shape index (κ3) is 10.7. The largest absolute Gasteiger partial charge is 0.390 e. The molecule has 0 amide bonds. The quantitative estimate of drug-likeness (QED) is 0.0527. The Morgan fingerprint density at radius 1 is 0.522 bits per heavy atom. The second-order valence-electron chi connectivity index (χ2n) is 13.3. The number of allylic oxidation sites excluding steroid dienone is 1. The van der Waals surface area contributed by atoms with Gasteiger partial charge >= 0.3 is 0 Å². The van der Waals surface area contributed by atoms with Crippen molar-refractivity contribution in [2.45, 2.75) is 146 Å². The molecule has 46 heavy (non-hydrogen) atoms. The maximum absolute atomic E-state index is 12.7. The molecular weight excluding hydrogens is 564 g/mol. The minimum Gasteiger partial charge on any atom is -0.390 e. The summed E-state index contributed by atoms with van der Waals surface area (Å²) in [6.07, 6.45) is 20.9. The van der Waals surface area contributed by atoms with Crippen LogP contribution in [-0.4, -0.2) is 33.1 Å². The predicted octanol–water partition coefficient (Wildman–Crippen LogP) is 10.7. The van der Waals surface area contributed by atoms with Crippen molar-refractivity contribution < 1.29 is 15.3 Å². The van der Waals surface area contributed by atoms with Crippen molar-refractivity contribution in [3.63, 3.8) is 0 Å². The summed E-state index contributed by atoms with van der Waals surface area (Å²) >= 11 is 0. The van der Waals surface area contributed by atoms with Crippen LogP contribution in [0.1, 0.15) is 140 Å². The second kappa shape index (κ2) is 21.2. The van der Waals surface area contributed by atoms with E-state index in [1.54, 1.807) is 6.08 Å². The summed E-state index contributed by atoms with van der Waals surface area (Å²) in [4.78, 5) is 0. The zero-order valence-electron chi connectivity index (χ0n) is 28.8. The zero-order valence-corrected chi connectivity index (χ0v) is 28.8. The van der Waals surface area contributed by atoms with Crippen LogP contribution in [0.5, 0.6) is 0 Å². The maximum Gasteiger partial charge on any atom is 0.136 e. The molecule has 3 atom stereocenters. The first kappa shape index (κ1) is 37.7. The van der Waals surface area contributed by atoms with E-state index < -0.39 is 23.2 Å². The first-order chi connectivity index (χ1) is 22.5. The Bertz CT molecular complexity index is 1100. The fourth-order valence-electron chi connectivity index (χ4n) is 7.01. The number of aliphatic hydroxyl groups is 3. The first-order valence-electron chi connectivity index (χ1n) is 18.4. The number of aliphatic hydroxyl groups excluding tert-OH is 2. The fraction of sp³-hybridized carbons (Fsp3) is 0.535. The van der Waals surface area contributed by atoms with Gasteiger partial charge in [0.05, 0.1) is 11.5 Å². The molecule has 3 aromatic rings. The summed E-state index contributed by atoms with van der Waals surface area (Å²) in [6, 6.07) is 29.8. The van der Waals surface area contributed by atoms with Gasteiger partial charge in [-0.05, 0) is 29.5 Å². The molecule has 0 saturated carbocycles. The van der Waals surface area contributed by atoms with Crippen molar-refractivity contribution in [1.82, 2.24) is 0 Å². The van der Waals surface area contributed by atoms with Gasteiger partial charge in [0, 0.05) is 0 Å². The number of benzene rings is 3. The highest BCUT2D eigenvalue weighted by Crippen LogP contribution is 2.47. The number of unbranched alkanes of at least 4 members (excludes halogenated alkanes) is 14. The first-order valence-corrected chi connectivity index (χ1v) is 18.4. The molecule has 3 aromatic carbocycles. The lowest BCUT2D eigenvalue weighted by atomic mass is 9.60. The summed E-state index contributed by atoms with van der Waals surface area (Å²) < 4.78 is 0. The van der Waals surface area contributed by atoms with Crippen molar-refractivity contribution in [3.8, 4) is 0 Å². The van der Waals surface area contributed by atoms with Crippen molar-refractivity contribution in [1.29, 1.82) is 0 Å². The summed E-state index contributed by atoms with van der Waals surface area (Å²) in [5, 5.41) is 36.9. The van der Waals surface area contributed by atoms with Crippen LogP contribution < -0.4 is 0 Å². The lowest BCUT2D eigenvalue weighted by Crippen LogP contribution is -2.60. The Balaban J connectivity index is 1.72. The van der Waals surface area contributed by atoms with E-state index in [-0.39, 0.29) is 0 Å². The van der Waals surface area contributed by atoms with Crippen LogP contribution in [0.2, 0.25) is 0 Å². The Labute approximate surface area is 280 Å². The molecule has 2 unspecified atom stereocenters. The van der Waals surface area contributed by atoms with Crippen LogP contribution in [0.3, 0.4) is 0 Å². The van der Waals surface area contributed by atoms with E-state index in [4.69, 9.17) is 0 Å². The van der Waals surface area contributed by atoms with Crippen LogP contribution in [0.25, 0.3) is 0 Å². The molecule has 0 aliphatic heterocycles. The molecular formula is C43H62O3. The highest BCUT2D eigenvalue weighted by Gasteiger charge is 2.54. The SMILES string of the molecule is CCCC=CC(O)(C(O)C(c1ccccc1)(c1ccccc1)c1ccccc1)[C@H](O)CCCCCCCCCCCCCCCC. The molecule has 0 fully saturated rings. The third-order valence-corrected chi connectivity index (χ3v) is 9.74. The van der Waals surface area contributed by atoms with Crippen molar-refractivity contribution >= 4 is 0 Å². The van der Waals surface area contributed by atoms with Crippen LogP contribution in [0.4, 0.5) is 0 Å². The Morgan fingerprint density at radius 2 is 0.891 bits per heavy atom. The number of rotatable bonds is 24. The van der Waals surface area contributed by atoms with Crippen molar-refractivity contribution in [2.75, 3.05) is 0 Å². The average molecular weight is 627 g/mol. The minimum absolute atomic E-state index is 0.427. The topological polar surface area (TPSA) is 60.7 Å². The second-order valence-corrected chi connectivity index (χ2v) is 13.3. The molecule has 0 aromatic heterocycles. The Kier molecular flexibility index (Phi) is 17.4. The van der Waals surface area contributed by atoms with Crippen molar-refractivity contribution in [2.24, 2.45) is 0 Å². The van der Waals surface area contributed by atoms with Gasteiger partial charge in [-0.1, -0.05) is 213 Å². The van der Waals surface area contributed by atoms with Gasteiger partial charge in [0.25, 0.3) is 0 Å². The molecule has 0 saturated heterocycles. The summed E-state index contributed by atoms with van der Waals surface area (Å²) in [5.74, 6) is 0. The lowest BCUT2D eigenvalue weighted by molar-refractivity contribution is -0.132. The molecule has 3 nitrogen and oxygen atoms in total. The monoisotopic (exact) mass is 626 g/mol. The molecule has 0 spiro atoms. The van der Waals surface area contributed by atoms with Gasteiger partial charge in [0.1, 0.15) is 11.7 Å². The average Bonchev–Trinajstić information content (AvgIpc) is 3.10. The van der Waals surface area contributed by atoms with E-state index in [1.165, 1.54) is 70.6 Å². The zero-order chi connectivity index (χ0) is 32.9. The van der Waals surface area contributed by atoms with Gasteiger partial charge in [0.15, 0.2) is 0 Å². The molecule has 3 rings (SSSR count). The van der Waals surface area contributed by atoms with Crippen LogP contribution in [-0.2, 0) is 5.41 Å². The van der Waals surface area contributed by atoms with Gasteiger partial charge in [-0.25, -0.2) is 0 Å². The molecule has 0 aliphatic carbocycles. The number of hydrogen-bond donors (Lipinski definition) is 3. The fourth-order valence-corrected chi connectivity index (χ4v) is 7.01. The predicted molar refractivity (Wildman–Crippen MR) is 195 cm³/mol. The molecule has 0 radical (unpaired) electrons. The molecule has 3 N–H and O–H groups in total. The molecule has 0 heterocycles. The van der Waals surface area contributed by atoms with Crippen molar-refractivity contribution in [3.05, 3.63) is 120 Å². The van der Waals surface area contributed by atoms with Crippen LogP contribution >= 0.6 is 0 Å². The smallest absolute Gasteiger partial charge is 0.136 e. The van der Waals surface area contributed by atoms with Crippen LogP contribution in [0, 0.1) is 0 Å². The molecule has 0 bridgehead atoms. The summed E-state index contributed by atoms with van der Waals surface area (Å²) in [5.41, 5.74) is -0.388. The van der Waals surface area contributed by atoms with Gasteiger partial charge in [-0.3, -0.25) is 0 Å². The molecule has 252 valence electrons. The molecule has 3 heteroatoms. The van der Waals surface area contributed by atoms with E-state index in [0.29, 0.717) is 6.42 Å². The van der Waals surface area contributed by atoms with E-state index in [2.05, 4.69) is 13.8 Å². The van der Waals surface area contributed by atoms with Gasteiger partial charge in [-0.15, -0.1) is 0 Å². The normalized spacial score (nSPS) is 14.7. The minimum atomic E-state index is -1.87. The van der Waals surface area contributed by atoms with E-state index >= 15 is 0 Å². The van der Waals surface area contributed by atoms with E-state index in [9.17, 15) is 15.3 Å². The maximum atomic E-state index is 12.7. The van der Waals surface area contributed by atoms with E-state index in [0.717, 1.165) is 48.8 Å².